The molecule has 0 aliphatic heterocycles. The second kappa shape index (κ2) is 9.88. The molecular weight excluding hydrogens is 409 g/mol. The monoisotopic (exact) mass is 429 g/mol. The lowest BCUT2D eigenvalue weighted by Gasteiger charge is -2.08. The molecule has 10 heteroatoms. The maximum absolute atomic E-state index is 13.6. The highest BCUT2D eigenvalue weighted by molar-refractivity contribution is 7.99. The first-order chi connectivity index (χ1) is 14.5. The number of benzene rings is 2. The smallest absolute Gasteiger partial charge is 0.234 e. The van der Waals surface area contributed by atoms with Crippen LogP contribution in [0.4, 0.5) is 15.8 Å². The van der Waals surface area contributed by atoms with Gasteiger partial charge in [-0.3, -0.25) is 9.59 Å². The van der Waals surface area contributed by atoms with Crippen molar-refractivity contribution in [2.24, 2.45) is 7.05 Å². The standard InChI is InChI=1S/C20H20FN5O3S/c1-26-17(11-18(27)22-13-6-5-7-14(10-13)29-2)24-25-20(26)30-12-19(28)23-16-9-4-3-8-15(16)21/h3-10H,11-12H2,1-2H3,(H,22,27)(H,23,28). The number of nitrogens with one attached hydrogen (secondary N) is 2. The van der Waals surface area contributed by atoms with Gasteiger partial charge in [-0.2, -0.15) is 0 Å². The summed E-state index contributed by atoms with van der Waals surface area (Å²) in [7, 11) is 3.27. The minimum absolute atomic E-state index is 0.0166. The lowest BCUT2D eigenvalue weighted by atomic mass is 10.3. The number of carbonyl (C=O) groups excluding carboxylic acids is 2. The molecule has 0 bridgehead atoms. The number of rotatable bonds is 8. The van der Waals surface area contributed by atoms with Crippen LogP contribution in [0.2, 0.25) is 0 Å². The molecule has 0 saturated heterocycles. The minimum atomic E-state index is -0.501. The molecule has 0 atom stereocenters. The maximum Gasteiger partial charge on any atom is 0.234 e. The molecule has 0 fully saturated rings. The summed E-state index contributed by atoms with van der Waals surface area (Å²) >= 11 is 1.14. The van der Waals surface area contributed by atoms with Crippen molar-refractivity contribution >= 4 is 35.0 Å². The van der Waals surface area contributed by atoms with E-state index >= 15 is 0 Å². The van der Waals surface area contributed by atoms with Crippen molar-refractivity contribution in [2.75, 3.05) is 23.5 Å². The van der Waals surface area contributed by atoms with Crippen LogP contribution in [0.1, 0.15) is 5.82 Å². The number of hydrogen-bond donors (Lipinski definition) is 2. The van der Waals surface area contributed by atoms with E-state index in [2.05, 4.69) is 20.8 Å². The highest BCUT2D eigenvalue weighted by atomic mass is 32.2. The van der Waals surface area contributed by atoms with Crippen molar-refractivity contribution in [3.8, 4) is 5.75 Å². The zero-order valence-electron chi connectivity index (χ0n) is 16.4. The zero-order valence-corrected chi connectivity index (χ0v) is 17.2. The van der Waals surface area contributed by atoms with Gasteiger partial charge in [0.2, 0.25) is 11.8 Å². The first-order valence-electron chi connectivity index (χ1n) is 8.95. The number of hydrogen-bond acceptors (Lipinski definition) is 6. The second-order valence-corrected chi connectivity index (χ2v) is 7.17. The normalized spacial score (nSPS) is 10.5. The molecule has 30 heavy (non-hydrogen) atoms. The van der Waals surface area contributed by atoms with E-state index in [9.17, 15) is 14.0 Å². The fourth-order valence-electron chi connectivity index (χ4n) is 2.55. The van der Waals surface area contributed by atoms with Crippen LogP contribution in [-0.2, 0) is 23.1 Å². The van der Waals surface area contributed by atoms with Crippen LogP contribution in [0.15, 0.2) is 53.7 Å². The number of para-hydroxylation sites is 1. The van der Waals surface area contributed by atoms with Crippen molar-refractivity contribution in [2.45, 2.75) is 11.6 Å². The third-order valence-electron chi connectivity index (χ3n) is 4.08. The van der Waals surface area contributed by atoms with Crippen molar-refractivity contribution in [1.82, 2.24) is 14.8 Å². The highest BCUT2D eigenvalue weighted by Crippen LogP contribution is 2.19. The lowest BCUT2D eigenvalue weighted by Crippen LogP contribution is -2.17. The van der Waals surface area contributed by atoms with Crippen LogP contribution >= 0.6 is 11.8 Å². The number of carbonyl (C=O) groups is 2. The number of aromatic nitrogens is 3. The van der Waals surface area contributed by atoms with Crippen molar-refractivity contribution < 1.29 is 18.7 Å². The van der Waals surface area contributed by atoms with Gasteiger partial charge in [0.05, 0.1) is 25.0 Å². The largest absolute Gasteiger partial charge is 0.497 e. The Labute approximate surface area is 176 Å². The zero-order chi connectivity index (χ0) is 21.5. The average Bonchev–Trinajstić information content (AvgIpc) is 3.07. The predicted molar refractivity (Wildman–Crippen MR) is 112 cm³/mol. The molecule has 3 rings (SSSR count). The first kappa shape index (κ1) is 21.3. The molecule has 0 aliphatic rings. The summed E-state index contributed by atoms with van der Waals surface area (Å²) in [5.74, 6) is -0.0147. The summed E-state index contributed by atoms with van der Waals surface area (Å²) in [6.07, 6.45) is 0.0166. The Bertz CT molecular complexity index is 1060. The van der Waals surface area contributed by atoms with Gasteiger partial charge < -0.3 is 19.9 Å². The van der Waals surface area contributed by atoms with Crippen molar-refractivity contribution in [1.29, 1.82) is 0 Å². The van der Waals surface area contributed by atoms with Gasteiger partial charge in [-0.15, -0.1) is 10.2 Å². The summed E-state index contributed by atoms with van der Waals surface area (Å²) in [6.45, 7) is 0. The van der Waals surface area contributed by atoms with Crippen LogP contribution in [0.25, 0.3) is 0 Å². The van der Waals surface area contributed by atoms with Gasteiger partial charge in [0.1, 0.15) is 17.4 Å². The second-order valence-electron chi connectivity index (χ2n) is 6.23. The van der Waals surface area contributed by atoms with Gasteiger partial charge >= 0.3 is 0 Å². The van der Waals surface area contributed by atoms with Crippen LogP contribution in [0, 0.1) is 5.82 Å². The van der Waals surface area contributed by atoms with E-state index < -0.39 is 5.82 Å². The van der Waals surface area contributed by atoms with E-state index in [1.807, 2.05) is 0 Å². The molecule has 2 N–H and O–H groups in total. The van der Waals surface area contributed by atoms with Crippen molar-refractivity contribution in [3.63, 3.8) is 0 Å². The molecule has 0 unspecified atom stereocenters. The third kappa shape index (κ3) is 5.57. The number of amides is 2. The Morgan fingerprint density at radius 1 is 1.10 bits per heavy atom. The average molecular weight is 429 g/mol. The first-order valence-corrected chi connectivity index (χ1v) is 9.94. The van der Waals surface area contributed by atoms with E-state index in [1.165, 1.54) is 12.1 Å². The Hall–Kier alpha value is -3.40. The van der Waals surface area contributed by atoms with Crippen LogP contribution in [-0.4, -0.2) is 39.4 Å². The molecule has 1 aromatic heterocycles. The predicted octanol–water partition coefficient (Wildman–Crippen LogP) is 2.87. The summed E-state index contributed by atoms with van der Waals surface area (Å²) in [5.41, 5.74) is 0.733. The quantitative estimate of drug-likeness (QED) is 0.535. The number of anilines is 2. The van der Waals surface area contributed by atoms with Gasteiger partial charge in [0, 0.05) is 18.8 Å². The Kier molecular flexibility index (Phi) is 7.02. The Morgan fingerprint density at radius 3 is 2.67 bits per heavy atom. The topological polar surface area (TPSA) is 98.1 Å². The van der Waals surface area contributed by atoms with E-state index in [1.54, 1.807) is 55.1 Å². The van der Waals surface area contributed by atoms with Crippen molar-refractivity contribution in [3.05, 3.63) is 60.2 Å². The van der Waals surface area contributed by atoms with Crippen LogP contribution < -0.4 is 15.4 Å². The summed E-state index contributed by atoms with van der Waals surface area (Å²) in [4.78, 5) is 24.4. The molecule has 2 amide bonds. The number of thioether (sulfide) groups is 1. The van der Waals surface area contributed by atoms with Gasteiger partial charge in [-0.05, 0) is 24.3 Å². The van der Waals surface area contributed by atoms with E-state index in [0.717, 1.165) is 11.8 Å². The van der Waals surface area contributed by atoms with Gasteiger partial charge in [-0.25, -0.2) is 4.39 Å². The molecule has 3 aromatic rings. The number of nitrogens with zero attached hydrogens (tertiary/aromatic N) is 3. The molecule has 0 radical (unpaired) electrons. The van der Waals surface area contributed by atoms with Gasteiger partial charge in [-0.1, -0.05) is 30.0 Å². The summed E-state index contributed by atoms with van der Waals surface area (Å²) < 4.78 is 20.4. The van der Waals surface area contributed by atoms with E-state index in [0.29, 0.717) is 22.4 Å². The maximum atomic E-state index is 13.6. The third-order valence-corrected chi connectivity index (χ3v) is 5.10. The SMILES string of the molecule is COc1cccc(NC(=O)Cc2nnc(SCC(=O)Nc3ccccc3F)n2C)c1. The molecule has 0 saturated carbocycles. The summed E-state index contributed by atoms with van der Waals surface area (Å²) in [5, 5.41) is 13.8. The lowest BCUT2D eigenvalue weighted by molar-refractivity contribution is -0.116. The number of halogens is 1. The minimum Gasteiger partial charge on any atom is -0.497 e. The highest BCUT2D eigenvalue weighted by Gasteiger charge is 2.15. The molecule has 156 valence electrons. The molecule has 0 aliphatic carbocycles. The fourth-order valence-corrected chi connectivity index (χ4v) is 3.28. The number of methoxy groups -OCH3 is 1. The molecule has 0 spiro atoms. The molecular formula is C20H20FN5O3S. The van der Waals surface area contributed by atoms with Crippen LogP contribution in [0.3, 0.4) is 0 Å². The van der Waals surface area contributed by atoms with Gasteiger partial charge in [0.25, 0.3) is 0 Å². The number of ether oxygens (including phenoxy) is 1. The molecule has 1 heterocycles. The molecule has 2 aromatic carbocycles. The fraction of sp³-hybridized carbons (Fsp3) is 0.200. The Morgan fingerprint density at radius 2 is 1.90 bits per heavy atom. The summed E-state index contributed by atoms with van der Waals surface area (Å²) in [6, 6.07) is 13.0. The Balaban J connectivity index is 1.54. The van der Waals surface area contributed by atoms with E-state index in [-0.39, 0.29) is 29.7 Å². The molecule has 8 nitrogen and oxygen atoms in total. The van der Waals surface area contributed by atoms with Crippen LogP contribution in [0.5, 0.6) is 5.75 Å². The van der Waals surface area contributed by atoms with E-state index in [4.69, 9.17) is 4.74 Å². The van der Waals surface area contributed by atoms with Gasteiger partial charge in [0.15, 0.2) is 5.16 Å².